The van der Waals surface area contributed by atoms with Crippen molar-refractivity contribution in [2.24, 2.45) is 5.92 Å². The van der Waals surface area contributed by atoms with Crippen molar-refractivity contribution in [3.63, 3.8) is 0 Å². The molecule has 1 aromatic heterocycles. The molecule has 6 heteroatoms. The number of amides is 1. The summed E-state index contributed by atoms with van der Waals surface area (Å²) in [4.78, 5) is 26.5. The van der Waals surface area contributed by atoms with Gasteiger partial charge in [-0.1, -0.05) is 19.1 Å². The largest absolute Gasteiger partial charge is 0.497 e. The lowest BCUT2D eigenvalue weighted by Gasteiger charge is -2.18. The minimum atomic E-state index is -0.346. The zero-order chi connectivity index (χ0) is 20.3. The van der Waals surface area contributed by atoms with E-state index >= 15 is 0 Å². The molecule has 1 atom stereocenters. The first-order chi connectivity index (χ1) is 13.4. The summed E-state index contributed by atoms with van der Waals surface area (Å²) in [5, 5.41) is 3.58. The van der Waals surface area contributed by atoms with E-state index in [0.717, 1.165) is 36.1 Å². The normalized spacial score (nSPS) is 15.8. The molecular formula is C22H27NO4S. The number of carbonyl (C=O) groups is 2. The number of carbonyl (C=O) groups excluding carboxylic acids is 2. The highest BCUT2D eigenvalue weighted by atomic mass is 32.1. The minimum Gasteiger partial charge on any atom is -0.497 e. The Morgan fingerprint density at radius 3 is 2.61 bits per heavy atom. The molecule has 0 saturated heterocycles. The van der Waals surface area contributed by atoms with Crippen LogP contribution in [0.1, 0.15) is 53.6 Å². The van der Waals surface area contributed by atoms with Crippen LogP contribution >= 0.6 is 11.3 Å². The highest BCUT2D eigenvalue weighted by Gasteiger charge is 2.29. The molecule has 0 fully saturated rings. The topological polar surface area (TPSA) is 64.6 Å². The molecule has 1 N–H and O–H groups in total. The van der Waals surface area contributed by atoms with Crippen molar-refractivity contribution in [3.05, 3.63) is 45.8 Å². The molecular weight excluding hydrogens is 374 g/mol. The summed E-state index contributed by atoms with van der Waals surface area (Å²) in [5.74, 6) is 0.850. The molecule has 0 saturated carbocycles. The van der Waals surface area contributed by atoms with Crippen LogP contribution < -0.4 is 10.1 Å². The van der Waals surface area contributed by atoms with Crippen molar-refractivity contribution in [2.75, 3.05) is 12.4 Å². The number of ether oxygens (including phenoxy) is 2. The molecule has 28 heavy (non-hydrogen) atoms. The number of benzene rings is 1. The Labute approximate surface area is 170 Å². The second-order valence-electron chi connectivity index (χ2n) is 7.58. The quantitative estimate of drug-likeness (QED) is 0.717. The molecule has 0 spiro atoms. The van der Waals surface area contributed by atoms with Gasteiger partial charge in [0.2, 0.25) is 5.91 Å². The third kappa shape index (κ3) is 4.73. The van der Waals surface area contributed by atoms with Crippen molar-refractivity contribution >= 4 is 28.2 Å². The van der Waals surface area contributed by atoms with Gasteiger partial charge in [0.05, 0.1) is 25.2 Å². The Bertz CT molecular complexity index is 854. The third-order valence-corrected chi connectivity index (χ3v) is 6.01. The maximum absolute atomic E-state index is 12.7. The van der Waals surface area contributed by atoms with Crippen LogP contribution in [0.15, 0.2) is 24.3 Å². The second kappa shape index (κ2) is 8.78. The predicted octanol–water partition coefficient (Wildman–Crippen LogP) is 4.63. The molecule has 0 unspecified atom stereocenters. The number of methoxy groups -OCH3 is 1. The number of hydrogen-bond acceptors (Lipinski definition) is 5. The number of rotatable bonds is 6. The number of esters is 1. The Morgan fingerprint density at radius 1 is 1.25 bits per heavy atom. The molecule has 0 radical (unpaired) electrons. The van der Waals surface area contributed by atoms with Crippen LogP contribution in [0.25, 0.3) is 0 Å². The zero-order valence-electron chi connectivity index (χ0n) is 16.8. The van der Waals surface area contributed by atoms with E-state index in [-0.39, 0.29) is 24.4 Å². The van der Waals surface area contributed by atoms with Gasteiger partial charge in [0.25, 0.3) is 0 Å². The summed E-state index contributed by atoms with van der Waals surface area (Å²) in [6.07, 6.45) is 2.88. The number of fused-ring (bicyclic) bond motifs is 1. The van der Waals surface area contributed by atoms with Crippen LogP contribution in [0.3, 0.4) is 0 Å². The minimum absolute atomic E-state index is 0.143. The van der Waals surface area contributed by atoms with Gasteiger partial charge in [0.15, 0.2) is 0 Å². The molecule has 5 nitrogen and oxygen atoms in total. The van der Waals surface area contributed by atoms with Gasteiger partial charge in [-0.25, -0.2) is 4.79 Å². The Kier molecular flexibility index (Phi) is 6.39. The van der Waals surface area contributed by atoms with Crippen LogP contribution in [0.5, 0.6) is 5.75 Å². The van der Waals surface area contributed by atoms with E-state index in [1.54, 1.807) is 7.11 Å². The van der Waals surface area contributed by atoms with Crippen molar-refractivity contribution in [1.82, 2.24) is 0 Å². The van der Waals surface area contributed by atoms with Gasteiger partial charge in [0.1, 0.15) is 10.8 Å². The van der Waals surface area contributed by atoms with Gasteiger partial charge in [-0.05, 0) is 62.3 Å². The number of anilines is 1. The number of thiophene rings is 1. The number of hydrogen-bond donors (Lipinski definition) is 1. The number of nitrogens with one attached hydrogen (secondary N) is 1. The summed E-state index contributed by atoms with van der Waals surface area (Å²) in [7, 11) is 1.61. The van der Waals surface area contributed by atoms with Crippen LogP contribution in [-0.4, -0.2) is 25.1 Å². The Morgan fingerprint density at radius 2 is 1.96 bits per heavy atom. The highest BCUT2D eigenvalue weighted by Crippen LogP contribution is 2.40. The van der Waals surface area contributed by atoms with E-state index in [1.807, 2.05) is 38.1 Å². The predicted molar refractivity (Wildman–Crippen MR) is 111 cm³/mol. The SMILES string of the molecule is COc1ccc(CC(=O)Nc2sc3c(c2C(=O)OC(C)C)CC[C@@H](C)C3)cc1. The first-order valence-electron chi connectivity index (χ1n) is 9.65. The first-order valence-corrected chi connectivity index (χ1v) is 10.5. The van der Waals surface area contributed by atoms with Crippen LogP contribution in [0.4, 0.5) is 5.00 Å². The van der Waals surface area contributed by atoms with E-state index in [2.05, 4.69) is 12.2 Å². The van der Waals surface area contributed by atoms with E-state index in [0.29, 0.717) is 16.5 Å². The molecule has 150 valence electrons. The summed E-state index contributed by atoms with van der Waals surface area (Å²) in [6, 6.07) is 7.40. The van der Waals surface area contributed by atoms with Crippen molar-refractivity contribution in [1.29, 1.82) is 0 Å². The molecule has 1 aliphatic carbocycles. The zero-order valence-corrected chi connectivity index (χ0v) is 17.7. The summed E-state index contributed by atoms with van der Waals surface area (Å²) >= 11 is 1.51. The van der Waals surface area contributed by atoms with Gasteiger partial charge >= 0.3 is 5.97 Å². The van der Waals surface area contributed by atoms with Gasteiger partial charge in [-0.15, -0.1) is 11.3 Å². The lowest BCUT2D eigenvalue weighted by atomic mass is 9.88. The average Bonchev–Trinajstić information content (AvgIpc) is 2.98. The molecule has 0 bridgehead atoms. The van der Waals surface area contributed by atoms with Crippen molar-refractivity contribution in [3.8, 4) is 5.75 Å². The van der Waals surface area contributed by atoms with Crippen LogP contribution in [-0.2, 0) is 28.8 Å². The fraction of sp³-hybridized carbons (Fsp3) is 0.455. The second-order valence-corrected chi connectivity index (χ2v) is 8.69. The standard InChI is InChI=1S/C22H27NO4S/c1-13(2)27-22(25)20-17-10-5-14(3)11-18(17)28-21(20)23-19(24)12-15-6-8-16(26-4)9-7-15/h6-9,13-14H,5,10-12H2,1-4H3,(H,23,24)/t14-/m1/s1. The van der Waals surface area contributed by atoms with Gasteiger partial charge < -0.3 is 14.8 Å². The molecule has 1 aromatic carbocycles. The summed E-state index contributed by atoms with van der Waals surface area (Å²) in [6.45, 7) is 5.89. The summed E-state index contributed by atoms with van der Waals surface area (Å²) < 4.78 is 10.6. The van der Waals surface area contributed by atoms with Crippen LogP contribution in [0.2, 0.25) is 0 Å². The highest BCUT2D eigenvalue weighted by molar-refractivity contribution is 7.17. The van der Waals surface area contributed by atoms with E-state index in [4.69, 9.17) is 9.47 Å². The maximum Gasteiger partial charge on any atom is 0.341 e. The summed E-state index contributed by atoms with van der Waals surface area (Å²) in [5.41, 5.74) is 2.48. The van der Waals surface area contributed by atoms with Gasteiger partial charge in [-0.3, -0.25) is 4.79 Å². The van der Waals surface area contributed by atoms with E-state index < -0.39 is 0 Å². The lowest BCUT2D eigenvalue weighted by Crippen LogP contribution is -2.19. The van der Waals surface area contributed by atoms with Gasteiger partial charge in [0, 0.05) is 4.88 Å². The average molecular weight is 402 g/mol. The molecule has 1 aliphatic rings. The Hall–Kier alpha value is -2.34. The molecule has 0 aliphatic heterocycles. The van der Waals surface area contributed by atoms with E-state index in [9.17, 15) is 9.59 Å². The van der Waals surface area contributed by atoms with Crippen LogP contribution in [0, 0.1) is 5.92 Å². The monoisotopic (exact) mass is 401 g/mol. The fourth-order valence-corrected chi connectivity index (χ4v) is 4.84. The van der Waals surface area contributed by atoms with E-state index in [1.165, 1.54) is 16.2 Å². The smallest absolute Gasteiger partial charge is 0.341 e. The third-order valence-electron chi connectivity index (χ3n) is 4.84. The lowest BCUT2D eigenvalue weighted by molar-refractivity contribution is -0.115. The van der Waals surface area contributed by atoms with Gasteiger partial charge in [-0.2, -0.15) is 0 Å². The van der Waals surface area contributed by atoms with Crippen molar-refractivity contribution < 1.29 is 19.1 Å². The molecule has 3 rings (SSSR count). The van der Waals surface area contributed by atoms with Crippen molar-refractivity contribution in [2.45, 2.75) is 52.6 Å². The molecule has 1 amide bonds. The maximum atomic E-state index is 12.7. The fourth-order valence-electron chi connectivity index (χ4n) is 3.43. The molecule has 1 heterocycles. The Balaban J connectivity index is 1.81. The molecule has 2 aromatic rings. The first kappa shape index (κ1) is 20.4.